The van der Waals surface area contributed by atoms with Crippen molar-refractivity contribution in [3.8, 4) is 6.07 Å². The molecule has 0 unspecified atom stereocenters. The van der Waals surface area contributed by atoms with Crippen molar-refractivity contribution in [3.63, 3.8) is 0 Å². The third-order valence-corrected chi connectivity index (χ3v) is 9.52. The molecule has 5 aliphatic rings. The largest absolute Gasteiger partial charge is 0.309 e. The fourth-order valence-corrected chi connectivity index (χ4v) is 8.87. The van der Waals surface area contributed by atoms with Crippen LogP contribution in [0.2, 0.25) is 0 Å². The van der Waals surface area contributed by atoms with Gasteiger partial charge < -0.3 is 5.32 Å². The van der Waals surface area contributed by atoms with E-state index in [1.54, 1.807) is 15.9 Å². The standard InChI is InChI=1S/C24H30N4OS/c25-5-6-28-20(27-22-21(23(28)29)18-3-1-2-4-19(18)30-22)13-26-14-24-10-15-7-16(11-24)9-17(8-15)12-24/h15-17,26H,1-4,6-14H2. The molecule has 0 spiro atoms. The summed E-state index contributed by atoms with van der Waals surface area (Å²) in [6.07, 6.45) is 12.9. The summed E-state index contributed by atoms with van der Waals surface area (Å²) in [5.41, 5.74) is 1.66. The smallest absolute Gasteiger partial charge is 0.263 e. The number of nitrogens with one attached hydrogen (secondary N) is 1. The molecular formula is C24H30N4OS. The van der Waals surface area contributed by atoms with Crippen LogP contribution in [0.15, 0.2) is 4.79 Å². The lowest BCUT2D eigenvalue weighted by atomic mass is 9.49. The maximum Gasteiger partial charge on any atom is 0.263 e. The van der Waals surface area contributed by atoms with Gasteiger partial charge in [0.2, 0.25) is 0 Å². The Hall–Kier alpha value is -1.71. The zero-order valence-corrected chi connectivity index (χ0v) is 18.4. The minimum absolute atomic E-state index is 0.00689. The fraction of sp³-hybridized carbons (Fsp3) is 0.708. The van der Waals surface area contributed by atoms with Gasteiger partial charge in [-0.25, -0.2) is 4.98 Å². The molecule has 0 atom stereocenters. The summed E-state index contributed by atoms with van der Waals surface area (Å²) in [6.45, 7) is 1.69. The first kappa shape index (κ1) is 19.0. The number of hydrogen-bond acceptors (Lipinski definition) is 5. The van der Waals surface area contributed by atoms with Crippen LogP contribution in [0.25, 0.3) is 10.2 Å². The first-order chi connectivity index (χ1) is 14.6. The zero-order chi connectivity index (χ0) is 20.3. The van der Waals surface area contributed by atoms with Gasteiger partial charge in [0.1, 0.15) is 17.2 Å². The van der Waals surface area contributed by atoms with Crippen LogP contribution in [0.1, 0.15) is 67.6 Å². The third kappa shape index (κ3) is 3.05. The van der Waals surface area contributed by atoms with E-state index in [2.05, 4.69) is 11.4 Å². The average molecular weight is 423 g/mol. The van der Waals surface area contributed by atoms with Crippen molar-refractivity contribution in [2.45, 2.75) is 77.3 Å². The van der Waals surface area contributed by atoms with Gasteiger partial charge in [0.15, 0.2) is 0 Å². The summed E-state index contributed by atoms with van der Waals surface area (Å²) >= 11 is 1.70. The molecule has 4 fully saturated rings. The summed E-state index contributed by atoms with van der Waals surface area (Å²) < 4.78 is 1.62. The molecule has 1 N–H and O–H groups in total. The lowest BCUT2D eigenvalue weighted by Gasteiger charge is -2.57. The molecule has 0 radical (unpaired) electrons. The minimum Gasteiger partial charge on any atom is -0.309 e. The van der Waals surface area contributed by atoms with E-state index < -0.39 is 0 Å². The van der Waals surface area contributed by atoms with E-state index in [9.17, 15) is 10.1 Å². The van der Waals surface area contributed by atoms with Gasteiger partial charge in [-0.3, -0.25) is 9.36 Å². The molecule has 2 aromatic heterocycles. The highest BCUT2D eigenvalue weighted by atomic mass is 32.1. The van der Waals surface area contributed by atoms with Crippen LogP contribution in [-0.2, 0) is 25.9 Å². The van der Waals surface area contributed by atoms with Crippen molar-refractivity contribution in [1.29, 1.82) is 5.26 Å². The maximum absolute atomic E-state index is 13.3. The summed E-state index contributed by atoms with van der Waals surface area (Å²) in [6, 6.07) is 2.19. The topological polar surface area (TPSA) is 70.7 Å². The summed E-state index contributed by atoms with van der Waals surface area (Å²) in [5.74, 6) is 3.57. The molecular weight excluding hydrogens is 392 g/mol. The Morgan fingerprint density at radius 3 is 2.53 bits per heavy atom. The summed E-state index contributed by atoms with van der Waals surface area (Å²) in [7, 11) is 0. The molecule has 6 heteroatoms. The number of aryl methyl sites for hydroxylation is 2. The van der Waals surface area contributed by atoms with Crippen molar-refractivity contribution < 1.29 is 0 Å². The Balaban J connectivity index is 1.27. The van der Waals surface area contributed by atoms with Crippen LogP contribution in [-0.4, -0.2) is 16.1 Å². The van der Waals surface area contributed by atoms with E-state index in [1.807, 2.05) is 0 Å². The Bertz CT molecular complexity index is 1060. The number of fused-ring (bicyclic) bond motifs is 3. The second-order valence-corrected chi connectivity index (χ2v) is 11.6. The van der Waals surface area contributed by atoms with Crippen molar-refractivity contribution in [2.75, 3.05) is 6.54 Å². The van der Waals surface area contributed by atoms with Gasteiger partial charge in [-0.15, -0.1) is 11.3 Å². The number of rotatable bonds is 5. The first-order valence-corrected chi connectivity index (χ1v) is 12.6. The fourth-order valence-electron chi connectivity index (χ4n) is 7.60. The SMILES string of the molecule is N#CCn1c(CNCC23CC4CC(CC(C4)C2)C3)nc2sc3c(c2c1=O)CCCC3. The first-order valence-electron chi connectivity index (χ1n) is 11.8. The number of nitrogens with zero attached hydrogens (tertiary/aromatic N) is 3. The van der Waals surface area contributed by atoms with E-state index in [1.165, 1.54) is 55.4 Å². The molecule has 158 valence electrons. The van der Waals surface area contributed by atoms with Gasteiger partial charge in [0.25, 0.3) is 5.56 Å². The van der Waals surface area contributed by atoms with Crippen molar-refractivity contribution in [1.82, 2.24) is 14.9 Å². The summed E-state index contributed by atoms with van der Waals surface area (Å²) in [5, 5.41) is 13.8. The number of aromatic nitrogens is 2. The molecule has 0 amide bonds. The van der Waals surface area contributed by atoms with Gasteiger partial charge in [-0.2, -0.15) is 5.26 Å². The Morgan fingerprint density at radius 2 is 1.83 bits per heavy atom. The predicted molar refractivity (Wildman–Crippen MR) is 118 cm³/mol. The molecule has 4 bridgehead atoms. The Labute approximate surface area is 181 Å². The molecule has 5 aliphatic carbocycles. The second kappa shape index (κ2) is 7.17. The van der Waals surface area contributed by atoms with E-state index in [0.717, 1.165) is 59.6 Å². The molecule has 2 aromatic rings. The molecule has 5 nitrogen and oxygen atoms in total. The van der Waals surface area contributed by atoms with Gasteiger partial charge >= 0.3 is 0 Å². The Morgan fingerprint density at radius 1 is 1.13 bits per heavy atom. The highest BCUT2D eigenvalue weighted by Gasteiger charge is 2.50. The van der Waals surface area contributed by atoms with E-state index in [0.29, 0.717) is 12.0 Å². The summed E-state index contributed by atoms with van der Waals surface area (Å²) in [4.78, 5) is 20.4. The van der Waals surface area contributed by atoms with Crippen molar-refractivity contribution in [3.05, 3.63) is 26.6 Å². The molecule has 0 aromatic carbocycles. The van der Waals surface area contributed by atoms with Crippen LogP contribution in [0.4, 0.5) is 0 Å². The van der Waals surface area contributed by atoms with Crippen molar-refractivity contribution in [2.24, 2.45) is 23.2 Å². The highest BCUT2D eigenvalue weighted by Crippen LogP contribution is 2.59. The minimum atomic E-state index is -0.00689. The maximum atomic E-state index is 13.3. The molecule has 30 heavy (non-hydrogen) atoms. The lowest BCUT2D eigenvalue weighted by molar-refractivity contribution is -0.0515. The second-order valence-electron chi connectivity index (χ2n) is 10.5. The molecule has 4 saturated carbocycles. The zero-order valence-electron chi connectivity index (χ0n) is 17.6. The van der Waals surface area contributed by atoms with Crippen LogP contribution >= 0.6 is 11.3 Å². The van der Waals surface area contributed by atoms with Gasteiger partial charge in [0.05, 0.1) is 18.0 Å². The molecule has 2 heterocycles. The quantitative estimate of drug-likeness (QED) is 0.785. The van der Waals surface area contributed by atoms with Crippen LogP contribution in [0.3, 0.4) is 0 Å². The van der Waals surface area contributed by atoms with Gasteiger partial charge in [0, 0.05) is 11.4 Å². The normalized spacial score (nSPS) is 31.8. The Kier molecular flexibility index (Phi) is 4.54. The van der Waals surface area contributed by atoms with Gasteiger partial charge in [-0.05, 0) is 92.9 Å². The van der Waals surface area contributed by atoms with Gasteiger partial charge in [-0.1, -0.05) is 0 Å². The number of nitriles is 1. The molecule has 0 saturated heterocycles. The third-order valence-electron chi connectivity index (χ3n) is 8.33. The molecule has 7 rings (SSSR count). The number of thiophene rings is 1. The monoisotopic (exact) mass is 422 g/mol. The van der Waals surface area contributed by atoms with Crippen LogP contribution in [0, 0.1) is 34.5 Å². The van der Waals surface area contributed by atoms with E-state index in [-0.39, 0.29) is 12.1 Å². The predicted octanol–water partition coefficient (Wildman–Crippen LogP) is 4.17. The van der Waals surface area contributed by atoms with Crippen molar-refractivity contribution >= 4 is 21.6 Å². The van der Waals surface area contributed by atoms with E-state index in [4.69, 9.17) is 4.98 Å². The highest BCUT2D eigenvalue weighted by molar-refractivity contribution is 7.18. The number of hydrogen-bond donors (Lipinski definition) is 1. The van der Waals surface area contributed by atoms with Crippen LogP contribution in [0.5, 0.6) is 0 Å². The average Bonchev–Trinajstić information content (AvgIpc) is 3.08. The molecule has 0 aliphatic heterocycles. The van der Waals surface area contributed by atoms with E-state index >= 15 is 0 Å². The van der Waals surface area contributed by atoms with Crippen LogP contribution < -0.4 is 10.9 Å². The lowest BCUT2D eigenvalue weighted by Crippen LogP contribution is -2.50.